The highest BCUT2D eigenvalue weighted by Crippen LogP contribution is 2.32. The zero-order valence-electron chi connectivity index (χ0n) is 17.7. The van der Waals surface area contributed by atoms with E-state index in [0.717, 1.165) is 65.5 Å². The van der Waals surface area contributed by atoms with Crippen molar-refractivity contribution in [2.24, 2.45) is 0 Å². The molecule has 4 aromatic heterocycles. The van der Waals surface area contributed by atoms with Crippen LogP contribution >= 0.6 is 0 Å². The molecule has 0 spiro atoms. The van der Waals surface area contributed by atoms with Crippen molar-refractivity contribution >= 4 is 11.3 Å². The van der Waals surface area contributed by atoms with Crippen LogP contribution in [-0.2, 0) is 0 Å². The smallest absolute Gasteiger partial charge is 0.128 e. The molecule has 1 aliphatic rings. The van der Waals surface area contributed by atoms with Gasteiger partial charge in [0.2, 0.25) is 0 Å². The molecule has 7 heteroatoms. The summed E-state index contributed by atoms with van der Waals surface area (Å²) in [5.41, 5.74) is 6.29. The van der Waals surface area contributed by atoms with Gasteiger partial charge in [0, 0.05) is 67.2 Å². The fraction of sp³-hybridized carbons (Fsp3) is 0.250. The van der Waals surface area contributed by atoms with Gasteiger partial charge in [0.15, 0.2) is 0 Å². The number of aryl methyl sites for hydroxylation is 1. The number of aromatic nitrogens is 4. The molecule has 0 aliphatic carbocycles. The van der Waals surface area contributed by atoms with E-state index in [-0.39, 0.29) is 0 Å². The first-order valence-corrected chi connectivity index (χ1v) is 10.4. The molecular weight excluding hydrogens is 386 g/mol. The van der Waals surface area contributed by atoms with Gasteiger partial charge < -0.3 is 9.80 Å². The molecule has 5 rings (SSSR count). The minimum absolute atomic E-state index is 0.551. The van der Waals surface area contributed by atoms with E-state index in [2.05, 4.69) is 51.2 Å². The molecule has 0 amide bonds. The summed E-state index contributed by atoms with van der Waals surface area (Å²) in [5.74, 6) is 0.989. The van der Waals surface area contributed by atoms with Gasteiger partial charge in [-0.25, -0.2) is 9.50 Å². The highest BCUT2D eigenvalue weighted by atomic mass is 15.3. The normalized spacial score (nSPS) is 14.7. The van der Waals surface area contributed by atoms with E-state index in [1.54, 1.807) is 10.7 Å². The van der Waals surface area contributed by atoms with E-state index in [0.29, 0.717) is 5.56 Å². The van der Waals surface area contributed by atoms with Crippen molar-refractivity contribution in [2.45, 2.75) is 6.92 Å². The molecule has 5 heterocycles. The molecule has 1 saturated heterocycles. The van der Waals surface area contributed by atoms with Gasteiger partial charge >= 0.3 is 0 Å². The second-order valence-corrected chi connectivity index (χ2v) is 7.99. The number of piperazine rings is 1. The van der Waals surface area contributed by atoms with Crippen LogP contribution in [0.15, 0.2) is 55.1 Å². The maximum absolute atomic E-state index is 9.62. The third-order valence-corrected chi connectivity index (χ3v) is 5.85. The first kappa shape index (κ1) is 19.2. The number of rotatable bonds is 3. The fourth-order valence-corrected chi connectivity index (χ4v) is 4.07. The molecule has 0 atom stereocenters. The second-order valence-electron chi connectivity index (χ2n) is 7.99. The fourth-order valence-electron chi connectivity index (χ4n) is 4.07. The Labute approximate surface area is 181 Å². The maximum atomic E-state index is 9.62. The van der Waals surface area contributed by atoms with Crippen LogP contribution in [0.3, 0.4) is 0 Å². The van der Waals surface area contributed by atoms with Crippen LogP contribution in [0.2, 0.25) is 0 Å². The molecule has 7 nitrogen and oxygen atoms in total. The summed E-state index contributed by atoms with van der Waals surface area (Å²) in [4.78, 5) is 13.7. The molecule has 1 aliphatic heterocycles. The third-order valence-electron chi connectivity index (χ3n) is 5.85. The molecule has 1 fully saturated rings. The Hall–Kier alpha value is -3.76. The van der Waals surface area contributed by atoms with Crippen LogP contribution in [-0.4, -0.2) is 57.7 Å². The Morgan fingerprint density at radius 2 is 1.77 bits per heavy atom. The van der Waals surface area contributed by atoms with Crippen LogP contribution < -0.4 is 4.90 Å². The molecule has 0 aromatic carbocycles. The number of nitriles is 1. The topological polar surface area (TPSA) is 73.3 Å². The number of hydrogen-bond acceptors (Lipinski definition) is 6. The minimum atomic E-state index is 0.551. The first-order valence-electron chi connectivity index (χ1n) is 10.4. The summed E-state index contributed by atoms with van der Waals surface area (Å²) < 4.78 is 1.79. The lowest BCUT2D eigenvalue weighted by Gasteiger charge is -2.33. The van der Waals surface area contributed by atoms with Crippen LogP contribution in [0.25, 0.3) is 27.8 Å². The lowest BCUT2D eigenvalue weighted by atomic mass is 10.00. The Balaban J connectivity index is 1.59. The van der Waals surface area contributed by atoms with Gasteiger partial charge in [0.25, 0.3) is 0 Å². The molecule has 31 heavy (non-hydrogen) atoms. The number of likely N-dealkylation sites (N-methyl/N-ethyl adjacent to an activating group) is 1. The molecule has 0 bridgehead atoms. The van der Waals surface area contributed by atoms with Gasteiger partial charge in [-0.15, -0.1) is 0 Å². The summed E-state index contributed by atoms with van der Waals surface area (Å²) in [7, 11) is 2.15. The molecule has 154 valence electrons. The van der Waals surface area contributed by atoms with Crippen molar-refractivity contribution in [3.05, 3.63) is 66.4 Å². The Morgan fingerprint density at radius 1 is 0.935 bits per heavy atom. The number of fused-ring (bicyclic) bond motifs is 1. The van der Waals surface area contributed by atoms with E-state index in [1.807, 2.05) is 37.6 Å². The monoisotopic (exact) mass is 409 g/mol. The highest BCUT2D eigenvalue weighted by Gasteiger charge is 2.17. The third kappa shape index (κ3) is 3.62. The van der Waals surface area contributed by atoms with E-state index in [4.69, 9.17) is 4.98 Å². The van der Waals surface area contributed by atoms with Crippen molar-refractivity contribution < 1.29 is 0 Å². The molecule has 0 saturated carbocycles. The average Bonchev–Trinajstić information content (AvgIpc) is 3.22. The number of pyridine rings is 3. The number of anilines is 1. The van der Waals surface area contributed by atoms with E-state index < -0.39 is 0 Å². The lowest BCUT2D eigenvalue weighted by molar-refractivity contribution is 0.312. The first-order chi connectivity index (χ1) is 15.1. The predicted molar refractivity (Wildman–Crippen MR) is 121 cm³/mol. The molecule has 0 unspecified atom stereocenters. The van der Waals surface area contributed by atoms with Crippen molar-refractivity contribution in [3.63, 3.8) is 0 Å². The van der Waals surface area contributed by atoms with E-state index >= 15 is 0 Å². The molecular formula is C24H23N7. The van der Waals surface area contributed by atoms with Gasteiger partial charge in [-0.2, -0.15) is 10.4 Å². The standard InChI is InChI=1S/C24H23N7/c1-17-11-18(5-6-26-17)20-12-22(24-21(13-25)15-28-31(24)16-20)19-3-4-23(27-14-19)30-9-7-29(2)8-10-30/h3-6,11-12,14-16H,7-10H2,1-2H3. The maximum Gasteiger partial charge on any atom is 0.128 e. The summed E-state index contributed by atoms with van der Waals surface area (Å²) in [6.07, 6.45) is 7.29. The van der Waals surface area contributed by atoms with Crippen molar-refractivity contribution in [3.8, 4) is 28.3 Å². The molecule has 4 aromatic rings. The lowest BCUT2D eigenvalue weighted by Crippen LogP contribution is -2.44. The van der Waals surface area contributed by atoms with Crippen LogP contribution in [0.5, 0.6) is 0 Å². The van der Waals surface area contributed by atoms with Crippen molar-refractivity contribution in [1.82, 2.24) is 24.5 Å². The van der Waals surface area contributed by atoms with E-state index in [1.165, 1.54) is 0 Å². The number of hydrogen-bond donors (Lipinski definition) is 0. The SMILES string of the molecule is Cc1cc(-c2cc(-c3ccc(N4CCN(C)CC4)nc3)c3c(C#N)cnn3c2)ccn1. The Kier molecular flexibility index (Phi) is 4.85. The summed E-state index contributed by atoms with van der Waals surface area (Å²) in [6, 6.07) is 12.6. The van der Waals surface area contributed by atoms with Crippen molar-refractivity contribution in [2.75, 3.05) is 38.1 Å². The summed E-state index contributed by atoms with van der Waals surface area (Å²) in [6.45, 7) is 6.01. The zero-order chi connectivity index (χ0) is 21.4. The van der Waals surface area contributed by atoms with Gasteiger partial charge in [0.05, 0.1) is 17.3 Å². The van der Waals surface area contributed by atoms with Gasteiger partial charge in [0.1, 0.15) is 11.9 Å². The Morgan fingerprint density at radius 3 is 2.48 bits per heavy atom. The van der Waals surface area contributed by atoms with Gasteiger partial charge in [-0.1, -0.05) is 0 Å². The van der Waals surface area contributed by atoms with Gasteiger partial charge in [-0.05, 0) is 49.9 Å². The van der Waals surface area contributed by atoms with E-state index in [9.17, 15) is 5.26 Å². The van der Waals surface area contributed by atoms with Crippen molar-refractivity contribution in [1.29, 1.82) is 5.26 Å². The van der Waals surface area contributed by atoms with Gasteiger partial charge in [-0.3, -0.25) is 4.98 Å². The van der Waals surface area contributed by atoms with Crippen LogP contribution in [0, 0.1) is 18.3 Å². The average molecular weight is 409 g/mol. The quantitative estimate of drug-likeness (QED) is 0.516. The van der Waals surface area contributed by atoms with Crippen LogP contribution in [0.1, 0.15) is 11.3 Å². The molecule has 0 radical (unpaired) electrons. The summed E-state index contributed by atoms with van der Waals surface area (Å²) in [5, 5.41) is 14.0. The number of nitrogens with zero attached hydrogens (tertiary/aromatic N) is 7. The largest absolute Gasteiger partial charge is 0.354 e. The zero-order valence-corrected chi connectivity index (χ0v) is 17.7. The molecule has 0 N–H and O–H groups in total. The van der Waals surface area contributed by atoms with Crippen LogP contribution in [0.4, 0.5) is 5.82 Å². The second kappa shape index (κ2) is 7.82. The minimum Gasteiger partial charge on any atom is -0.354 e. The highest BCUT2D eigenvalue weighted by molar-refractivity contribution is 5.87. The summed E-state index contributed by atoms with van der Waals surface area (Å²) >= 11 is 0. The predicted octanol–water partition coefficient (Wildman–Crippen LogP) is 3.39. The Bertz CT molecular complexity index is 1280.